The third kappa shape index (κ3) is 2.70. The molecule has 0 fully saturated rings. The number of esters is 1. The molecule has 0 saturated carbocycles. The second kappa shape index (κ2) is 5.30. The van der Waals surface area contributed by atoms with E-state index in [0.717, 1.165) is 16.9 Å². The fourth-order valence-electron chi connectivity index (χ4n) is 2.15. The first-order chi connectivity index (χ1) is 9.02. The van der Waals surface area contributed by atoms with E-state index < -0.39 is 0 Å². The van der Waals surface area contributed by atoms with Crippen molar-refractivity contribution in [2.45, 2.75) is 32.7 Å². The van der Waals surface area contributed by atoms with Gasteiger partial charge in [-0.25, -0.2) is 4.98 Å². The molecule has 1 heterocycles. The minimum absolute atomic E-state index is 0.216. The van der Waals surface area contributed by atoms with E-state index in [-0.39, 0.29) is 11.9 Å². The van der Waals surface area contributed by atoms with Crippen LogP contribution in [0.4, 0.5) is 5.69 Å². The number of aryl methyl sites for hydroxylation is 1. The van der Waals surface area contributed by atoms with Crippen LogP contribution in [0.3, 0.4) is 0 Å². The number of fused-ring (bicyclic) bond motifs is 1. The highest BCUT2D eigenvalue weighted by Crippen LogP contribution is 2.23. The predicted octanol–water partition coefficient (Wildman–Crippen LogP) is 2.31. The van der Waals surface area contributed by atoms with Gasteiger partial charge in [0.1, 0.15) is 5.82 Å². The number of carbonyl (C=O) groups is 1. The van der Waals surface area contributed by atoms with E-state index in [1.54, 1.807) is 0 Å². The number of nitrogens with two attached hydrogens (primary N) is 1. The van der Waals surface area contributed by atoms with Gasteiger partial charge in [0.25, 0.3) is 0 Å². The molecule has 5 nitrogen and oxygen atoms in total. The van der Waals surface area contributed by atoms with Crippen molar-refractivity contribution in [3.8, 4) is 0 Å². The molecule has 19 heavy (non-hydrogen) atoms. The maximum absolute atomic E-state index is 11.3. The molecule has 0 aliphatic heterocycles. The number of rotatable bonds is 4. The van der Waals surface area contributed by atoms with Crippen molar-refractivity contribution in [2.75, 3.05) is 12.8 Å². The fraction of sp³-hybridized carbons (Fsp3) is 0.429. The molecule has 0 spiro atoms. The molecule has 1 aromatic carbocycles. The smallest absolute Gasteiger partial charge is 0.307 e. The number of imidazole rings is 1. The Hall–Kier alpha value is -2.04. The molecule has 0 aliphatic carbocycles. The minimum Gasteiger partial charge on any atom is -0.469 e. The third-order valence-electron chi connectivity index (χ3n) is 3.09. The quantitative estimate of drug-likeness (QED) is 0.677. The van der Waals surface area contributed by atoms with E-state index in [1.807, 2.05) is 18.2 Å². The Kier molecular flexibility index (Phi) is 3.74. The van der Waals surface area contributed by atoms with E-state index in [2.05, 4.69) is 28.1 Å². The van der Waals surface area contributed by atoms with Gasteiger partial charge >= 0.3 is 5.97 Å². The van der Waals surface area contributed by atoms with E-state index in [9.17, 15) is 4.79 Å². The minimum atomic E-state index is -0.216. The van der Waals surface area contributed by atoms with Gasteiger partial charge in [0, 0.05) is 18.2 Å². The maximum Gasteiger partial charge on any atom is 0.307 e. The maximum atomic E-state index is 11.3. The number of anilines is 1. The summed E-state index contributed by atoms with van der Waals surface area (Å²) in [6, 6.07) is 5.65. The average molecular weight is 261 g/mol. The Morgan fingerprint density at radius 3 is 2.84 bits per heavy atom. The lowest BCUT2D eigenvalue weighted by atomic mass is 10.2. The number of nitrogen functional groups attached to an aromatic ring is 1. The normalized spacial score (nSPS) is 11.2. The van der Waals surface area contributed by atoms with Gasteiger partial charge in [-0.15, -0.1) is 0 Å². The Labute approximate surface area is 112 Å². The molecule has 2 aromatic rings. The molecule has 0 atom stereocenters. The van der Waals surface area contributed by atoms with Gasteiger partial charge in [-0.05, 0) is 18.2 Å². The van der Waals surface area contributed by atoms with Crippen LogP contribution >= 0.6 is 0 Å². The molecule has 1 aromatic heterocycles. The Morgan fingerprint density at radius 1 is 1.47 bits per heavy atom. The lowest BCUT2D eigenvalue weighted by Crippen LogP contribution is -2.10. The summed E-state index contributed by atoms with van der Waals surface area (Å²) in [4.78, 5) is 15.9. The number of hydrogen-bond acceptors (Lipinski definition) is 4. The second-order valence-electron chi connectivity index (χ2n) is 4.85. The molecule has 2 rings (SSSR count). The van der Waals surface area contributed by atoms with Crippen LogP contribution in [0, 0.1) is 0 Å². The van der Waals surface area contributed by atoms with Gasteiger partial charge in [0.05, 0.1) is 24.6 Å². The first-order valence-electron chi connectivity index (χ1n) is 6.35. The van der Waals surface area contributed by atoms with E-state index in [4.69, 9.17) is 5.73 Å². The summed E-state index contributed by atoms with van der Waals surface area (Å²) in [5.74, 6) is 1.03. The largest absolute Gasteiger partial charge is 0.469 e. The molecular formula is C14H19N3O2. The Bertz CT molecular complexity index is 602. The molecular weight excluding hydrogens is 242 g/mol. The first kappa shape index (κ1) is 13.4. The summed E-state index contributed by atoms with van der Waals surface area (Å²) >= 11 is 0. The summed E-state index contributed by atoms with van der Waals surface area (Å²) in [5, 5.41) is 0. The van der Waals surface area contributed by atoms with Crippen LogP contribution in [-0.4, -0.2) is 22.6 Å². The number of ether oxygens (including phenoxy) is 1. The molecule has 0 unspecified atom stereocenters. The van der Waals surface area contributed by atoms with E-state index in [0.29, 0.717) is 18.7 Å². The number of benzene rings is 1. The highest BCUT2D eigenvalue weighted by atomic mass is 16.5. The molecule has 5 heteroatoms. The zero-order valence-corrected chi connectivity index (χ0v) is 11.5. The van der Waals surface area contributed by atoms with Crippen LogP contribution in [0.5, 0.6) is 0 Å². The molecule has 0 aliphatic rings. The van der Waals surface area contributed by atoms with Crippen molar-refractivity contribution in [3.63, 3.8) is 0 Å². The van der Waals surface area contributed by atoms with E-state index in [1.165, 1.54) is 7.11 Å². The topological polar surface area (TPSA) is 70.1 Å². The molecule has 0 saturated heterocycles. The third-order valence-corrected chi connectivity index (χ3v) is 3.09. The van der Waals surface area contributed by atoms with Crippen molar-refractivity contribution < 1.29 is 9.53 Å². The zero-order chi connectivity index (χ0) is 14.0. The van der Waals surface area contributed by atoms with Crippen LogP contribution in [0.25, 0.3) is 11.0 Å². The highest BCUT2D eigenvalue weighted by molar-refractivity contribution is 5.80. The van der Waals surface area contributed by atoms with Gasteiger partial charge < -0.3 is 15.0 Å². The van der Waals surface area contributed by atoms with Crippen molar-refractivity contribution in [3.05, 3.63) is 24.0 Å². The van der Waals surface area contributed by atoms with Gasteiger partial charge in [0.15, 0.2) is 0 Å². The van der Waals surface area contributed by atoms with Gasteiger partial charge in [-0.1, -0.05) is 13.8 Å². The lowest BCUT2D eigenvalue weighted by molar-refractivity contribution is -0.140. The van der Waals surface area contributed by atoms with Crippen LogP contribution in [0.1, 0.15) is 32.0 Å². The number of carbonyl (C=O) groups excluding carboxylic acids is 1. The summed E-state index contributed by atoms with van der Waals surface area (Å²) < 4.78 is 6.75. The van der Waals surface area contributed by atoms with Crippen molar-refractivity contribution in [2.24, 2.45) is 0 Å². The highest BCUT2D eigenvalue weighted by Gasteiger charge is 2.14. The fourth-order valence-corrected chi connectivity index (χ4v) is 2.15. The number of aromatic nitrogens is 2. The molecule has 102 valence electrons. The molecule has 0 radical (unpaired) electrons. The zero-order valence-electron chi connectivity index (χ0n) is 11.5. The number of hydrogen-bond donors (Lipinski definition) is 1. The predicted molar refractivity (Wildman–Crippen MR) is 74.9 cm³/mol. The monoisotopic (exact) mass is 261 g/mol. The average Bonchev–Trinajstić information content (AvgIpc) is 2.73. The van der Waals surface area contributed by atoms with E-state index >= 15 is 0 Å². The standard InChI is InChI=1S/C14H19N3O2/c1-9(2)14-16-11-8-10(15)4-5-12(11)17(14)7-6-13(18)19-3/h4-5,8-9H,6-7,15H2,1-3H3. The van der Waals surface area contributed by atoms with Gasteiger partial charge in [0.2, 0.25) is 0 Å². The van der Waals surface area contributed by atoms with Crippen LogP contribution in [0.15, 0.2) is 18.2 Å². The van der Waals surface area contributed by atoms with Crippen molar-refractivity contribution in [1.29, 1.82) is 0 Å². The molecule has 0 bridgehead atoms. The number of nitrogens with zero attached hydrogens (tertiary/aromatic N) is 2. The summed E-state index contributed by atoms with van der Waals surface area (Å²) in [5.41, 5.74) is 8.35. The molecule has 2 N–H and O–H groups in total. The Morgan fingerprint density at radius 2 is 2.21 bits per heavy atom. The summed E-state index contributed by atoms with van der Waals surface area (Å²) in [7, 11) is 1.40. The SMILES string of the molecule is COC(=O)CCn1c(C(C)C)nc2cc(N)ccc21. The second-order valence-corrected chi connectivity index (χ2v) is 4.85. The van der Waals surface area contributed by atoms with Gasteiger partial charge in [-0.2, -0.15) is 0 Å². The Balaban J connectivity index is 2.43. The van der Waals surface area contributed by atoms with Crippen LogP contribution in [-0.2, 0) is 16.1 Å². The summed E-state index contributed by atoms with van der Waals surface area (Å²) in [6.45, 7) is 4.74. The first-order valence-corrected chi connectivity index (χ1v) is 6.35. The lowest BCUT2D eigenvalue weighted by Gasteiger charge is -2.10. The number of methoxy groups -OCH3 is 1. The molecule has 0 amide bonds. The summed E-state index contributed by atoms with van der Waals surface area (Å²) in [6.07, 6.45) is 0.339. The van der Waals surface area contributed by atoms with Crippen molar-refractivity contribution >= 4 is 22.7 Å². The van der Waals surface area contributed by atoms with Gasteiger partial charge in [-0.3, -0.25) is 4.79 Å². The van der Waals surface area contributed by atoms with Crippen molar-refractivity contribution in [1.82, 2.24) is 9.55 Å². The van der Waals surface area contributed by atoms with Crippen LogP contribution < -0.4 is 5.73 Å². The van der Waals surface area contributed by atoms with Crippen LogP contribution in [0.2, 0.25) is 0 Å².